The SMILES string of the molecule is CC(C)COc1ccc(Br)cc1CO. The van der Waals surface area contributed by atoms with Crippen molar-refractivity contribution in [3.8, 4) is 5.75 Å². The lowest BCUT2D eigenvalue weighted by atomic mass is 10.2. The number of aliphatic hydroxyl groups excluding tert-OH is 1. The fraction of sp³-hybridized carbons (Fsp3) is 0.455. The van der Waals surface area contributed by atoms with E-state index >= 15 is 0 Å². The number of ether oxygens (including phenoxy) is 1. The van der Waals surface area contributed by atoms with Gasteiger partial charge in [-0.25, -0.2) is 0 Å². The summed E-state index contributed by atoms with van der Waals surface area (Å²) in [6, 6.07) is 5.66. The van der Waals surface area contributed by atoms with Gasteiger partial charge in [0.25, 0.3) is 0 Å². The molecule has 0 saturated carbocycles. The van der Waals surface area contributed by atoms with E-state index in [0.717, 1.165) is 15.8 Å². The molecular weight excluding hydrogens is 244 g/mol. The molecule has 0 spiro atoms. The van der Waals surface area contributed by atoms with Crippen molar-refractivity contribution in [2.75, 3.05) is 6.61 Å². The number of aliphatic hydroxyl groups is 1. The van der Waals surface area contributed by atoms with Crippen LogP contribution in [0.25, 0.3) is 0 Å². The van der Waals surface area contributed by atoms with E-state index in [9.17, 15) is 0 Å². The first-order chi connectivity index (χ1) is 6.63. The number of rotatable bonds is 4. The molecule has 14 heavy (non-hydrogen) atoms. The Labute approximate surface area is 93.0 Å². The fourth-order valence-electron chi connectivity index (χ4n) is 1.07. The molecule has 0 bridgehead atoms. The molecule has 1 aromatic carbocycles. The Morgan fingerprint density at radius 1 is 1.43 bits per heavy atom. The van der Waals surface area contributed by atoms with Crippen LogP contribution in [0.3, 0.4) is 0 Å². The number of halogens is 1. The number of hydrogen-bond donors (Lipinski definition) is 1. The molecule has 0 fully saturated rings. The highest BCUT2D eigenvalue weighted by Crippen LogP contribution is 2.23. The molecule has 0 aliphatic carbocycles. The molecular formula is C11H15BrO2. The topological polar surface area (TPSA) is 29.5 Å². The molecule has 0 aliphatic heterocycles. The first-order valence-electron chi connectivity index (χ1n) is 4.65. The summed E-state index contributed by atoms with van der Waals surface area (Å²) in [5.74, 6) is 1.26. The van der Waals surface area contributed by atoms with Crippen LogP contribution in [-0.4, -0.2) is 11.7 Å². The monoisotopic (exact) mass is 258 g/mol. The van der Waals surface area contributed by atoms with Crippen LogP contribution >= 0.6 is 15.9 Å². The lowest BCUT2D eigenvalue weighted by Crippen LogP contribution is -2.06. The molecule has 0 aromatic heterocycles. The average Bonchev–Trinajstić information content (AvgIpc) is 2.15. The van der Waals surface area contributed by atoms with Crippen molar-refractivity contribution in [3.05, 3.63) is 28.2 Å². The molecule has 2 nitrogen and oxygen atoms in total. The van der Waals surface area contributed by atoms with Crippen LogP contribution in [-0.2, 0) is 6.61 Å². The summed E-state index contributed by atoms with van der Waals surface area (Å²) >= 11 is 3.35. The van der Waals surface area contributed by atoms with Gasteiger partial charge in [0.2, 0.25) is 0 Å². The van der Waals surface area contributed by atoms with Gasteiger partial charge in [0.05, 0.1) is 13.2 Å². The van der Waals surface area contributed by atoms with E-state index in [4.69, 9.17) is 9.84 Å². The van der Waals surface area contributed by atoms with Gasteiger partial charge >= 0.3 is 0 Å². The molecule has 1 rings (SSSR count). The molecule has 0 saturated heterocycles. The van der Waals surface area contributed by atoms with Gasteiger partial charge in [-0.3, -0.25) is 0 Å². The lowest BCUT2D eigenvalue weighted by Gasteiger charge is -2.12. The third-order valence-corrected chi connectivity index (χ3v) is 2.26. The molecule has 0 unspecified atom stereocenters. The maximum atomic E-state index is 9.11. The minimum absolute atomic E-state index is 0.00681. The Kier molecular flexibility index (Phi) is 4.42. The van der Waals surface area contributed by atoms with Crippen LogP contribution < -0.4 is 4.74 Å². The van der Waals surface area contributed by atoms with E-state index in [0.29, 0.717) is 12.5 Å². The van der Waals surface area contributed by atoms with Gasteiger partial charge < -0.3 is 9.84 Å². The van der Waals surface area contributed by atoms with Crippen LogP contribution in [0.15, 0.2) is 22.7 Å². The van der Waals surface area contributed by atoms with Crippen LogP contribution in [0.4, 0.5) is 0 Å². The predicted molar refractivity (Wildman–Crippen MR) is 60.4 cm³/mol. The highest BCUT2D eigenvalue weighted by Gasteiger charge is 2.04. The van der Waals surface area contributed by atoms with E-state index in [1.54, 1.807) is 0 Å². The van der Waals surface area contributed by atoms with Crippen molar-refractivity contribution >= 4 is 15.9 Å². The Hall–Kier alpha value is -0.540. The standard InChI is InChI=1S/C11H15BrO2/c1-8(2)7-14-11-4-3-10(12)5-9(11)6-13/h3-5,8,13H,6-7H2,1-2H3. The van der Waals surface area contributed by atoms with Crippen LogP contribution in [0.1, 0.15) is 19.4 Å². The normalized spacial score (nSPS) is 10.6. The van der Waals surface area contributed by atoms with Crippen LogP contribution in [0.5, 0.6) is 5.75 Å². The predicted octanol–water partition coefficient (Wildman–Crippen LogP) is 2.98. The number of benzene rings is 1. The second-order valence-electron chi connectivity index (χ2n) is 3.62. The van der Waals surface area contributed by atoms with Gasteiger partial charge in [-0.2, -0.15) is 0 Å². The molecule has 0 aliphatic rings. The zero-order valence-corrected chi connectivity index (χ0v) is 10.0. The fourth-order valence-corrected chi connectivity index (χ4v) is 1.48. The first kappa shape index (κ1) is 11.5. The van der Waals surface area contributed by atoms with Crippen molar-refractivity contribution in [2.24, 2.45) is 5.92 Å². The van der Waals surface area contributed by atoms with Gasteiger partial charge in [-0.05, 0) is 24.1 Å². The summed E-state index contributed by atoms with van der Waals surface area (Å²) in [6.45, 7) is 4.87. The third-order valence-electron chi connectivity index (χ3n) is 1.77. The minimum Gasteiger partial charge on any atom is -0.493 e. The van der Waals surface area contributed by atoms with E-state index in [2.05, 4.69) is 29.8 Å². The van der Waals surface area contributed by atoms with E-state index in [1.165, 1.54) is 0 Å². The summed E-state index contributed by atoms with van der Waals surface area (Å²) in [5, 5.41) is 9.11. The molecule has 0 amide bonds. The summed E-state index contributed by atoms with van der Waals surface area (Å²) in [6.07, 6.45) is 0. The summed E-state index contributed by atoms with van der Waals surface area (Å²) in [4.78, 5) is 0. The molecule has 0 atom stereocenters. The Morgan fingerprint density at radius 2 is 2.14 bits per heavy atom. The highest BCUT2D eigenvalue weighted by atomic mass is 79.9. The molecule has 1 N–H and O–H groups in total. The summed E-state index contributed by atoms with van der Waals surface area (Å²) in [5.41, 5.74) is 0.819. The quantitative estimate of drug-likeness (QED) is 0.900. The zero-order valence-electron chi connectivity index (χ0n) is 8.46. The largest absolute Gasteiger partial charge is 0.493 e. The number of hydrogen-bond acceptors (Lipinski definition) is 2. The Balaban J connectivity index is 2.75. The second kappa shape index (κ2) is 5.37. The first-order valence-corrected chi connectivity index (χ1v) is 5.45. The van der Waals surface area contributed by atoms with Crippen molar-refractivity contribution in [2.45, 2.75) is 20.5 Å². The smallest absolute Gasteiger partial charge is 0.124 e. The lowest BCUT2D eigenvalue weighted by molar-refractivity contribution is 0.245. The molecule has 0 heterocycles. The van der Waals surface area contributed by atoms with Gasteiger partial charge in [-0.1, -0.05) is 29.8 Å². The van der Waals surface area contributed by atoms with Crippen molar-refractivity contribution in [1.29, 1.82) is 0 Å². The van der Waals surface area contributed by atoms with E-state index in [-0.39, 0.29) is 6.61 Å². The Morgan fingerprint density at radius 3 is 2.71 bits per heavy atom. The minimum atomic E-state index is 0.00681. The van der Waals surface area contributed by atoms with Gasteiger partial charge in [0.1, 0.15) is 5.75 Å². The molecule has 78 valence electrons. The van der Waals surface area contributed by atoms with Crippen molar-refractivity contribution in [1.82, 2.24) is 0 Å². The van der Waals surface area contributed by atoms with Gasteiger partial charge in [0.15, 0.2) is 0 Å². The van der Waals surface area contributed by atoms with Crippen molar-refractivity contribution < 1.29 is 9.84 Å². The van der Waals surface area contributed by atoms with Gasteiger partial charge in [0, 0.05) is 10.0 Å². The van der Waals surface area contributed by atoms with Crippen LogP contribution in [0, 0.1) is 5.92 Å². The zero-order chi connectivity index (χ0) is 10.6. The summed E-state index contributed by atoms with van der Waals surface area (Å²) < 4.78 is 6.52. The molecule has 3 heteroatoms. The second-order valence-corrected chi connectivity index (χ2v) is 4.53. The van der Waals surface area contributed by atoms with E-state index < -0.39 is 0 Å². The maximum Gasteiger partial charge on any atom is 0.124 e. The van der Waals surface area contributed by atoms with Crippen molar-refractivity contribution in [3.63, 3.8) is 0 Å². The maximum absolute atomic E-state index is 9.11. The van der Waals surface area contributed by atoms with Crippen LogP contribution in [0.2, 0.25) is 0 Å². The summed E-state index contributed by atoms with van der Waals surface area (Å²) in [7, 11) is 0. The van der Waals surface area contributed by atoms with Gasteiger partial charge in [-0.15, -0.1) is 0 Å². The highest BCUT2D eigenvalue weighted by molar-refractivity contribution is 9.10. The molecule has 0 radical (unpaired) electrons. The third kappa shape index (κ3) is 3.31. The van der Waals surface area contributed by atoms with E-state index in [1.807, 2.05) is 18.2 Å². The average molecular weight is 259 g/mol. The molecule has 1 aromatic rings. The Bertz CT molecular complexity index is 297.